The Morgan fingerprint density at radius 3 is 2.30 bits per heavy atom. The highest BCUT2D eigenvalue weighted by Gasteiger charge is 2.20. The molecule has 0 spiro atoms. The number of rotatable bonds is 9. The number of amides is 3. The third kappa shape index (κ3) is 7.13. The molecule has 2 N–H and O–H groups in total. The van der Waals surface area contributed by atoms with Gasteiger partial charge in [-0.25, -0.2) is 12.7 Å². The normalized spacial score (nSPS) is 10.8. The van der Waals surface area contributed by atoms with Crippen LogP contribution in [-0.4, -0.2) is 51.1 Å². The van der Waals surface area contributed by atoms with E-state index >= 15 is 0 Å². The molecule has 0 saturated heterocycles. The summed E-state index contributed by atoms with van der Waals surface area (Å²) in [6.07, 6.45) is -0.172. The SMILES string of the molecule is CN(C)S(=O)(=O)c1cccc(C(=O)NNC(=O)CCC(=O)N(CCC#N)c2ccccc2)c1. The molecule has 0 fully saturated rings. The molecule has 0 saturated carbocycles. The molecule has 11 heteroatoms. The Labute approximate surface area is 192 Å². The standard InChI is InChI=1S/C22H25N5O5S/c1-26(2)33(31,32)19-11-6-8-17(16-19)22(30)25-24-20(28)12-13-21(29)27(15-7-14-23)18-9-4-3-5-10-18/h3-6,8-11,16H,7,12-13,15H2,1-2H3,(H,24,28)(H,25,30). The predicted octanol–water partition coefficient (Wildman–Crippen LogP) is 1.42. The number of nitrogens with one attached hydrogen (secondary N) is 2. The monoisotopic (exact) mass is 471 g/mol. The lowest BCUT2D eigenvalue weighted by Gasteiger charge is -2.21. The summed E-state index contributed by atoms with van der Waals surface area (Å²) in [7, 11) is -0.961. The lowest BCUT2D eigenvalue weighted by atomic mass is 10.2. The van der Waals surface area contributed by atoms with Gasteiger partial charge in [0.25, 0.3) is 5.91 Å². The molecular weight excluding hydrogens is 446 g/mol. The Morgan fingerprint density at radius 2 is 1.67 bits per heavy atom. The predicted molar refractivity (Wildman–Crippen MR) is 121 cm³/mol. The van der Waals surface area contributed by atoms with Gasteiger partial charge in [-0.05, 0) is 30.3 Å². The van der Waals surface area contributed by atoms with E-state index in [0.29, 0.717) is 5.69 Å². The third-order valence-electron chi connectivity index (χ3n) is 4.57. The third-order valence-corrected chi connectivity index (χ3v) is 6.38. The van der Waals surface area contributed by atoms with Gasteiger partial charge in [0, 0.05) is 44.7 Å². The Balaban J connectivity index is 1.93. The molecule has 0 unspecified atom stereocenters. The highest BCUT2D eigenvalue weighted by molar-refractivity contribution is 7.89. The summed E-state index contributed by atoms with van der Waals surface area (Å²) in [5, 5.41) is 8.84. The number of hydrogen-bond donors (Lipinski definition) is 2. The van der Waals surface area contributed by atoms with Crippen molar-refractivity contribution in [2.75, 3.05) is 25.5 Å². The van der Waals surface area contributed by atoms with Crippen molar-refractivity contribution in [2.24, 2.45) is 0 Å². The number of benzene rings is 2. The van der Waals surface area contributed by atoms with Crippen molar-refractivity contribution < 1.29 is 22.8 Å². The van der Waals surface area contributed by atoms with Crippen LogP contribution in [0, 0.1) is 11.3 Å². The molecule has 10 nitrogen and oxygen atoms in total. The van der Waals surface area contributed by atoms with Gasteiger partial charge >= 0.3 is 0 Å². The van der Waals surface area contributed by atoms with Crippen LogP contribution in [0.2, 0.25) is 0 Å². The van der Waals surface area contributed by atoms with E-state index in [-0.39, 0.29) is 42.2 Å². The van der Waals surface area contributed by atoms with E-state index in [2.05, 4.69) is 10.9 Å². The van der Waals surface area contributed by atoms with Crippen molar-refractivity contribution in [3.8, 4) is 6.07 Å². The fourth-order valence-corrected chi connectivity index (χ4v) is 3.74. The molecule has 0 radical (unpaired) electrons. The number of nitrogens with zero attached hydrogens (tertiary/aromatic N) is 3. The van der Waals surface area contributed by atoms with Gasteiger partial charge in [0.05, 0.1) is 17.4 Å². The lowest BCUT2D eigenvalue weighted by Crippen LogP contribution is -2.42. The summed E-state index contributed by atoms with van der Waals surface area (Å²) >= 11 is 0. The summed E-state index contributed by atoms with van der Waals surface area (Å²) in [6.45, 7) is 0.198. The number of anilines is 1. The molecule has 0 bridgehead atoms. The Kier molecular flexibility index (Phi) is 9.08. The van der Waals surface area contributed by atoms with E-state index in [0.717, 1.165) is 4.31 Å². The Hall–Kier alpha value is -3.75. The molecule has 3 amide bonds. The van der Waals surface area contributed by atoms with Crippen molar-refractivity contribution >= 4 is 33.4 Å². The molecule has 33 heavy (non-hydrogen) atoms. The van der Waals surface area contributed by atoms with Crippen LogP contribution in [0.1, 0.15) is 29.6 Å². The fourth-order valence-electron chi connectivity index (χ4n) is 2.79. The maximum atomic E-state index is 12.6. The number of para-hydroxylation sites is 1. The highest BCUT2D eigenvalue weighted by atomic mass is 32.2. The lowest BCUT2D eigenvalue weighted by molar-refractivity contribution is -0.125. The fraction of sp³-hybridized carbons (Fsp3) is 0.273. The molecule has 2 aromatic rings. The van der Waals surface area contributed by atoms with E-state index in [4.69, 9.17) is 5.26 Å². The number of hydrazine groups is 1. The average Bonchev–Trinajstić information content (AvgIpc) is 2.82. The van der Waals surface area contributed by atoms with Gasteiger partial charge in [-0.1, -0.05) is 24.3 Å². The first kappa shape index (κ1) is 25.5. The van der Waals surface area contributed by atoms with Gasteiger partial charge in [0.2, 0.25) is 21.8 Å². The summed E-state index contributed by atoms with van der Waals surface area (Å²) in [4.78, 5) is 38.4. The van der Waals surface area contributed by atoms with Crippen LogP contribution in [0.4, 0.5) is 5.69 Å². The van der Waals surface area contributed by atoms with Gasteiger partial charge in [-0.2, -0.15) is 5.26 Å². The van der Waals surface area contributed by atoms with E-state index in [9.17, 15) is 22.8 Å². The minimum Gasteiger partial charge on any atom is -0.311 e. The first-order valence-corrected chi connectivity index (χ1v) is 11.4. The highest BCUT2D eigenvalue weighted by Crippen LogP contribution is 2.16. The quantitative estimate of drug-likeness (QED) is 0.530. The Bertz CT molecular complexity index is 1140. The molecule has 0 aliphatic heterocycles. The zero-order chi connectivity index (χ0) is 24.4. The molecule has 0 atom stereocenters. The molecule has 2 rings (SSSR count). The van der Waals surface area contributed by atoms with Crippen LogP contribution >= 0.6 is 0 Å². The summed E-state index contributed by atoms with van der Waals surface area (Å²) in [5.41, 5.74) is 5.10. The van der Waals surface area contributed by atoms with Gasteiger partial charge < -0.3 is 4.90 Å². The minimum atomic E-state index is -3.72. The van der Waals surface area contributed by atoms with Crippen LogP contribution < -0.4 is 15.8 Å². The molecule has 0 aliphatic rings. The van der Waals surface area contributed by atoms with Crippen LogP contribution in [0.5, 0.6) is 0 Å². The summed E-state index contributed by atoms with van der Waals surface area (Å²) in [6, 6.07) is 16.2. The number of nitriles is 1. The van der Waals surface area contributed by atoms with Crippen molar-refractivity contribution in [1.29, 1.82) is 5.26 Å². The molecule has 0 heterocycles. The van der Waals surface area contributed by atoms with E-state index in [1.807, 2.05) is 6.07 Å². The van der Waals surface area contributed by atoms with Crippen LogP contribution in [0.3, 0.4) is 0 Å². The average molecular weight is 472 g/mol. The zero-order valence-corrected chi connectivity index (χ0v) is 19.1. The smallest absolute Gasteiger partial charge is 0.269 e. The van der Waals surface area contributed by atoms with Gasteiger partial charge in [-0.15, -0.1) is 0 Å². The second-order valence-electron chi connectivity index (χ2n) is 7.11. The maximum absolute atomic E-state index is 12.6. The zero-order valence-electron chi connectivity index (χ0n) is 18.3. The van der Waals surface area contributed by atoms with Crippen molar-refractivity contribution in [3.63, 3.8) is 0 Å². The number of hydrogen-bond acceptors (Lipinski definition) is 6. The largest absolute Gasteiger partial charge is 0.311 e. The Morgan fingerprint density at radius 1 is 0.970 bits per heavy atom. The van der Waals surface area contributed by atoms with E-state index in [1.54, 1.807) is 30.3 Å². The molecule has 0 aliphatic carbocycles. The van der Waals surface area contributed by atoms with Gasteiger partial charge in [0.1, 0.15) is 0 Å². The number of carbonyl (C=O) groups excluding carboxylic acids is 3. The molecule has 0 aromatic heterocycles. The van der Waals surface area contributed by atoms with Crippen LogP contribution in [-0.2, 0) is 19.6 Å². The van der Waals surface area contributed by atoms with Crippen molar-refractivity contribution in [1.82, 2.24) is 15.2 Å². The number of sulfonamides is 1. The van der Waals surface area contributed by atoms with E-state index in [1.165, 1.54) is 43.3 Å². The first-order chi connectivity index (χ1) is 15.7. The number of carbonyl (C=O) groups is 3. The van der Waals surface area contributed by atoms with Gasteiger partial charge in [0.15, 0.2) is 0 Å². The van der Waals surface area contributed by atoms with Crippen molar-refractivity contribution in [2.45, 2.75) is 24.2 Å². The second-order valence-corrected chi connectivity index (χ2v) is 9.26. The molecule has 2 aromatic carbocycles. The molecule has 174 valence electrons. The topological polar surface area (TPSA) is 140 Å². The van der Waals surface area contributed by atoms with Crippen molar-refractivity contribution in [3.05, 3.63) is 60.2 Å². The maximum Gasteiger partial charge on any atom is 0.269 e. The second kappa shape index (κ2) is 11.8. The molecular formula is C22H25N5O5S. The van der Waals surface area contributed by atoms with E-state index < -0.39 is 21.8 Å². The van der Waals surface area contributed by atoms with Gasteiger partial charge in [-0.3, -0.25) is 25.2 Å². The summed E-state index contributed by atoms with van der Waals surface area (Å²) in [5.74, 6) is -1.63. The van der Waals surface area contributed by atoms with Crippen LogP contribution in [0.25, 0.3) is 0 Å². The van der Waals surface area contributed by atoms with Crippen LogP contribution in [0.15, 0.2) is 59.5 Å². The minimum absolute atomic E-state index is 0.0426. The summed E-state index contributed by atoms with van der Waals surface area (Å²) < 4.78 is 25.5. The first-order valence-electron chi connectivity index (χ1n) is 10.0.